The molecule has 0 spiro atoms. The number of ketones is 1. The lowest BCUT2D eigenvalue weighted by Gasteiger charge is -2.31. The van der Waals surface area contributed by atoms with Gasteiger partial charge in [-0.25, -0.2) is 13.1 Å². The average Bonchev–Trinajstić information content (AvgIpc) is 2.75. The van der Waals surface area contributed by atoms with Gasteiger partial charge in [0, 0.05) is 37.5 Å². The van der Waals surface area contributed by atoms with Crippen LogP contribution < -0.4 is 4.72 Å². The molecule has 0 atom stereocenters. The quantitative estimate of drug-likeness (QED) is 0.687. The van der Waals surface area contributed by atoms with Gasteiger partial charge in [0.05, 0.1) is 4.90 Å². The molecule has 1 heterocycles. The second-order valence-electron chi connectivity index (χ2n) is 7.78. The number of rotatable bonds is 7. The zero-order valence-electron chi connectivity index (χ0n) is 17.4. The van der Waals surface area contributed by atoms with Crippen molar-refractivity contribution >= 4 is 21.7 Å². The number of aryl methyl sites for hydroxylation is 2. The van der Waals surface area contributed by atoms with Gasteiger partial charge in [0.25, 0.3) is 0 Å². The maximum absolute atomic E-state index is 12.6. The summed E-state index contributed by atoms with van der Waals surface area (Å²) in [6.45, 7) is 4.88. The zero-order valence-corrected chi connectivity index (χ0v) is 18.2. The Morgan fingerprint density at radius 3 is 2.30 bits per heavy atom. The molecule has 7 heteroatoms. The van der Waals surface area contributed by atoms with Gasteiger partial charge in [0.1, 0.15) is 0 Å². The largest absolute Gasteiger partial charge is 0.343 e. The summed E-state index contributed by atoms with van der Waals surface area (Å²) in [5.41, 5.74) is 2.64. The van der Waals surface area contributed by atoms with Crippen LogP contribution in [0.4, 0.5) is 0 Å². The molecule has 0 bridgehead atoms. The third-order valence-electron chi connectivity index (χ3n) is 5.70. The average molecular weight is 429 g/mol. The van der Waals surface area contributed by atoms with E-state index in [9.17, 15) is 18.0 Å². The van der Waals surface area contributed by atoms with Crippen LogP contribution in [0.25, 0.3) is 0 Å². The molecule has 2 aromatic carbocycles. The molecule has 0 radical (unpaired) electrons. The predicted molar refractivity (Wildman–Crippen MR) is 116 cm³/mol. The molecular formula is C23H28N2O4S. The second-order valence-corrected chi connectivity index (χ2v) is 9.55. The Morgan fingerprint density at radius 2 is 1.67 bits per heavy atom. The summed E-state index contributed by atoms with van der Waals surface area (Å²) < 4.78 is 27.4. The first-order valence-corrected chi connectivity index (χ1v) is 11.7. The maximum Gasteiger partial charge on any atom is 0.240 e. The van der Waals surface area contributed by atoms with Gasteiger partial charge in [-0.05, 0) is 49.9 Å². The van der Waals surface area contributed by atoms with E-state index in [2.05, 4.69) is 4.72 Å². The molecule has 1 N–H and O–H groups in total. The number of amides is 1. The van der Waals surface area contributed by atoms with E-state index >= 15 is 0 Å². The van der Waals surface area contributed by atoms with E-state index in [-0.39, 0.29) is 35.5 Å². The number of hydrogen-bond donors (Lipinski definition) is 1. The van der Waals surface area contributed by atoms with Crippen LogP contribution in [0.1, 0.15) is 40.7 Å². The Bertz CT molecular complexity index is 1010. The number of nitrogens with one attached hydrogen (secondary N) is 1. The van der Waals surface area contributed by atoms with Crippen molar-refractivity contribution in [3.8, 4) is 0 Å². The van der Waals surface area contributed by atoms with E-state index < -0.39 is 10.0 Å². The van der Waals surface area contributed by atoms with Gasteiger partial charge in [-0.1, -0.05) is 36.4 Å². The second kappa shape index (κ2) is 9.53. The van der Waals surface area contributed by atoms with Gasteiger partial charge >= 0.3 is 0 Å². The van der Waals surface area contributed by atoms with E-state index in [1.807, 2.05) is 44.2 Å². The predicted octanol–water partition coefficient (Wildman–Crippen LogP) is 3.09. The summed E-state index contributed by atoms with van der Waals surface area (Å²) in [5, 5.41) is 0. The molecule has 1 amide bonds. The van der Waals surface area contributed by atoms with Gasteiger partial charge in [0.2, 0.25) is 15.9 Å². The van der Waals surface area contributed by atoms with Crippen molar-refractivity contribution in [1.82, 2.24) is 9.62 Å². The van der Waals surface area contributed by atoms with Crippen molar-refractivity contribution in [1.29, 1.82) is 0 Å². The number of nitrogens with zero attached hydrogens (tertiary/aromatic N) is 1. The highest BCUT2D eigenvalue weighted by Crippen LogP contribution is 2.22. The lowest BCUT2D eigenvalue weighted by atomic mass is 9.89. The number of hydrogen-bond acceptors (Lipinski definition) is 4. The number of likely N-dealkylation sites (tertiary alicyclic amines) is 1. The van der Waals surface area contributed by atoms with Crippen molar-refractivity contribution < 1.29 is 18.0 Å². The normalized spacial score (nSPS) is 15.2. The summed E-state index contributed by atoms with van der Waals surface area (Å²) in [6.07, 6.45) is 1.36. The molecule has 6 nitrogen and oxygen atoms in total. The molecular weight excluding hydrogens is 400 g/mol. The van der Waals surface area contributed by atoms with Crippen molar-refractivity contribution in [2.75, 3.05) is 19.6 Å². The first-order valence-electron chi connectivity index (χ1n) is 10.2. The summed E-state index contributed by atoms with van der Waals surface area (Å²) >= 11 is 0. The summed E-state index contributed by atoms with van der Waals surface area (Å²) in [5.74, 6) is -0.0352. The fourth-order valence-corrected chi connectivity index (χ4v) is 4.76. The lowest BCUT2D eigenvalue weighted by Crippen LogP contribution is -2.41. The molecule has 0 unspecified atom stereocenters. The number of carbonyl (C=O) groups excluding carboxylic acids is 2. The maximum atomic E-state index is 12.6. The van der Waals surface area contributed by atoms with E-state index in [0.717, 1.165) is 11.1 Å². The van der Waals surface area contributed by atoms with Crippen LogP contribution in [0.5, 0.6) is 0 Å². The minimum atomic E-state index is -3.64. The van der Waals surface area contributed by atoms with Crippen LogP contribution in [0.2, 0.25) is 0 Å². The molecule has 1 aliphatic heterocycles. The molecule has 0 aromatic heterocycles. The molecule has 1 fully saturated rings. The Morgan fingerprint density at radius 1 is 1.00 bits per heavy atom. The van der Waals surface area contributed by atoms with Gasteiger partial charge in [0.15, 0.2) is 5.78 Å². The van der Waals surface area contributed by atoms with Crippen LogP contribution in [0.15, 0.2) is 53.4 Å². The first kappa shape index (κ1) is 22.2. The zero-order chi connectivity index (χ0) is 21.7. The summed E-state index contributed by atoms with van der Waals surface area (Å²) in [7, 11) is -3.64. The minimum absolute atomic E-state index is 0.0525. The number of benzene rings is 2. The van der Waals surface area contributed by atoms with E-state index in [0.29, 0.717) is 31.5 Å². The highest BCUT2D eigenvalue weighted by atomic mass is 32.2. The van der Waals surface area contributed by atoms with E-state index in [1.165, 1.54) is 0 Å². The molecule has 1 aliphatic rings. The molecule has 0 aliphatic carbocycles. The van der Waals surface area contributed by atoms with Crippen molar-refractivity contribution in [2.45, 2.75) is 38.0 Å². The fourth-order valence-electron chi connectivity index (χ4n) is 3.64. The molecule has 160 valence electrons. The molecule has 0 saturated carbocycles. The standard InChI is InChI=1S/C23H28N2O4S/c1-17-8-9-21(16-18(17)2)30(28,29)24-13-10-22(26)25-14-11-20(12-15-25)23(27)19-6-4-3-5-7-19/h3-9,16,20,24H,10-15H2,1-2H3. The Kier molecular flexibility index (Phi) is 7.05. The smallest absolute Gasteiger partial charge is 0.240 e. The summed E-state index contributed by atoms with van der Waals surface area (Å²) in [4.78, 5) is 27.0. The molecule has 3 rings (SSSR count). The Hall–Kier alpha value is -2.51. The van der Waals surface area contributed by atoms with Gasteiger partial charge in [-0.2, -0.15) is 0 Å². The molecule has 30 heavy (non-hydrogen) atoms. The number of sulfonamides is 1. The van der Waals surface area contributed by atoms with Crippen molar-refractivity contribution in [3.63, 3.8) is 0 Å². The van der Waals surface area contributed by atoms with Gasteiger partial charge in [-0.15, -0.1) is 0 Å². The van der Waals surface area contributed by atoms with Crippen molar-refractivity contribution in [3.05, 3.63) is 65.2 Å². The van der Waals surface area contributed by atoms with E-state index in [1.54, 1.807) is 23.1 Å². The Balaban J connectivity index is 1.47. The lowest BCUT2D eigenvalue weighted by molar-refractivity contribution is -0.132. The number of Topliss-reactive ketones (excluding diaryl/α,β-unsaturated/α-hetero) is 1. The fraction of sp³-hybridized carbons (Fsp3) is 0.391. The van der Waals surface area contributed by atoms with Gasteiger partial charge < -0.3 is 4.90 Å². The number of carbonyl (C=O) groups is 2. The third-order valence-corrected chi connectivity index (χ3v) is 7.16. The monoisotopic (exact) mass is 428 g/mol. The summed E-state index contributed by atoms with van der Waals surface area (Å²) in [6, 6.07) is 14.2. The highest BCUT2D eigenvalue weighted by molar-refractivity contribution is 7.89. The van der Waals surface area contributed by atoms with Gasteiger partial charge in [-0.3, -0.25) is 9.59 Å². The Labute approximate surface area is 178 Å². The number of piperidine rings is 1. The minimum Gasteiger partial charge on any atom is -0.343 e. The molecule has 2 aromatic rings. The first-order chi connectivity index (χ1) is 14.3. The highest BCUT2D eigenvalue weighted by Gasteiger charge is 2.27. The van der Waals surface area contributed by atoms with Crippen LogP contribution >= 0.6 is 0 Å². The van der Waals surface area contributed by atoms with Crippen LogP contribution in [0.3, 0.4) is 0 Å². The van der Waals surface area contributed by atoms with Crippen LogP contribution in [0, 0.1) is 19.8 Å². The van der Waals surface area contributed by atoms with E-state index in [4.69, 9.17) is 0 Å². The topological polar surface area (TPSA) is 83.6 Å². The third kappa shape index (κ3) is 5.34. The molecule has 1 saturated heterocycles. The van der Waals surface area contributed by atoms with Crippen molar-refractivity contribution in [2.24, 2.45) is 5.92 Å². The van der Waals surface area contributed by atoms with Crippen LogP contribution in [-0.4, -0.2) is 44.6 Å². The SMILES string of the molecule is Cc1ccc(S(=O)(=O)NCCC(=O)N2CCC(C(=O)c3ccccc3)CC2)cc1C. The van der Waals surface area contributed by atoms with Crippen LogP contribution in [-0.2, 0) is 14.8 Å².